The van der Waals surface area contributed by atoms with Crippen LogP contribution >= 0.6 is 0 Å². The van der Waals surface area contributed by atoms with E-state index < -0.39 is 0 Å². The summed E-state index contributed by atoms with van der Waals surface area (Å²) in [6.07, 6.45) is 0.937. The summed E-state index contributed by atoms with van der Waals surface area (Å²) in [6.45, 7) is 0.556. The lowest BCUT2D eigenvalue weighted by Gasteiger charge is -2.02. The third-order valence-corrected chi connectivity index (χ3v) is 2.84. The van der Waals surface area contributed by atoms with Gasteiger partial charge in [-0.3, -0.25) is 4.79 Å². The highest BCUT2D eigenvalue weighted by Crippen LogP contribution is 1.98. The van der Waals surface area contributed by atoms with Crippen LogP contribution in [-0.4, -0.2) is 5.91 Å². The Morgan fingerprint density at radius 2 is 1.45 bits per heavy atom. The van der Waals surface area contributed by atoms with Crippen LogP contribution < -0.4 is 5.32 Å². The Balaban J connectivity index is 1.70. The number of amides is 1. The average molecular weight is 263 g/mol. The Morgan fingerprint density at radius 1 is 0.850 bits per heavy atom. The summed E-state index contributed by atoms with van der Waals surface area (Å²) in [7, 11) is 0. The first-order valence-electron chi connectivity index (χ1n) is 6.65. The van der Waals surface area contributed by atoms with E-state index in [1.165, 1.54) is 5.56 Å². The Labute approximate surface area is 119 Å². The molecule has 0 aliphatic carbocycles. The molecule has 2 aromatic carbocycles. The van der Waals surface area contributed by atoms with Crippen LogP contribution in [0.1, 0.15) is 17.5 Å². The Bertz CT molecular complexity index is 594. The maximum atomic E-state index is 11.6. The largest absolute Gasteiger partial charge is 0.351 e. The van der Waals surface area contributed by atoms with Gasteiger partial charge in [0.1, 0.15) is 0 Å². The van der Waals surface area contributed by atoms with Gasteiger partial charge in [-0.2, -0.15) is 0 Å². The molecular formula is C18H17NO. The van der Waals surface area contributed by atoms with E-state index >= 15 is 0 Å². The zero-order valence-corrected chi connectivity index (χ0v) is 11.3. The lowest BCUT2D eigenvalue weighted by molar-refractivity contribution is -0.120. The lowest BCUT2D eigenvalue weighted by atomic mass is 10.1. The van der Waals surface area contributed by atoms with Crippen molar-refractivity contribution in [1.82, 2.24) is 5.32 Å². The summed E-state index contributed by atoms with van der Waals surface area (Å²) in [5.74, 6) is 5.89. The number of benzene rings is 2. The molecular weight excluding hydrogens is 246 g/mol. The third-order valence-electron chi connectivity index (χ3n) is 2.84. The summed E-state index contributed by atoms with van der Waals surface area (Å²) in [5, 5.41) is 2.86. The summed E-state index contributed by atoms with van der Waals surface area (Å²) in [5.41, 5.74) is 2.27. The van der Waals surface area contributed by atoms with Crippen molar-refractivity contribution in [2.45, 2.75) is 19.4 Å². The van der Waals surface area contributed by atoms with Gasteiger partial charge in [-0.15, -0.1) is 0 Å². The normalized spacial score (nSPS) is 9.40. The maximum Gasteiger partial charge on any atom is 0.232 e. The fourth-order valence-corrected chi connectivity index (χ4v) is 1.76. The fourth-order valence-electron chi connectivity index (χ4n) is 1.76. The van der Waals surface area contributed by atoms with Crippen molar-refractivity contribution < 1.29 is 4.79 Å². The zero-order valence-electron chi connectivity index (χ0n) is 11.3. The van der Waals surface area contributed by atoms with Crippen molar-refractivity contribution in [2.75, 3.05) is 0 Å². The van der Waals surface area contributed by atoms with Crippen molar-refractivity contribution in [3.8, 4) is 11.8 Å². The minimum absolute atomic E-state index is 0.0329. The molecule has 0 saturated heterocycles. The van der Waals surface area contributed by atoms with Crippen molar-refractivity contribution in [3.63, 3.8) is 0 Å². The molecule has 0 fully saturated rings. The summed E-state index contributed by atoms with van der Waals surface area (Å²) < 4.78 is 0. The van der Waals surface area contributed by atoms with Gasteiger partial charge in [-0.05, 0) is 11.1 Å². The van der Waals surface area contributed by atoms with Gasteiger partial charge in [-0.1, -0.05) is 72.5 Å². The number of rotatable bonds is 4. The number of hydrogen-bond donors (Lipinski definition) is 1. The fraction of sp³-hybridized carbons (Fsp3) is 0.167. The molecule has 2 nitrogen and oxygen atoms in total. The van der Waals surface area contributed by atoms with Crippen LogP contribution in [0, 0.1) is 11.8 Å². The number of nitrogens with one attached hydrogen (secondary N) is 1. The molecule has 20 heavy (non-hydrogen) atoms. The molecule has 0 aliphatic rings. The molecule has 2 rings (SSSR count). The van der Waals surface area contributed by atoms with Crippen LogP contribution in [0.3, 0.4) is 0 Å². The Kier molecular flexibility index (Phi) is 5.42. The molecule has 0 unspecified atom stereocenters. The smallest absolute Gasteiger partial charge is 0.232 e. The van der Waals surface area contributed by atoms with E-state index in [0.717, 1.165) is 5.56 Å². The molecule has 0 heterocycles. The lowest BCUT2D eigenvalue weighted by Crippen LogP contribution is -2.21. The second-order valence-electron chi connectivity index (χ2n) is 4.46. The first kappa shape index (κ1) is 13.9. The van der Waals surface area contributed by atoms with E-state index in [4.69, 9.17) is 0 Å². The van der Waals surface area contributed by atoms with Gasteiger partial charge in [-0.25, -0.2) is 0 Å². The highest BCUT2D eigenvalue weighted by Gasteiger charge is 1.97. The molecule has 1 N–H and O–H groups in total. The number of carbonyl (C=O) groups is 1. The van der Waals surface area contributed by atoms with Crippen LogP contribution in [-0.2, 0) is 17.8 Å². The van der Waals surface area contributed by atoms with Crippen LogP contribution in [0.4, 0.5) is 0 Å². The minimum atomic E-state index is -0.0329. The van der Waals surface area contributed by atoms with E-state index in [9.17, 15) is 4.79 Å². The van der Waals surface area contributed by atoms with Gasteiger partial charge in [0.2, 0.25) is 5.91 Å². The van der Waals surface area contributed by atoms with Crippen molar-refractivity contribution >= 4 is 5.91 Å². The Morgan fingerprint density at radius 3 is 2.10 bits per heavy atom. The van der Waals surface area contributed by atoms with E-state index in [2.05, 4.69) is 17.2 Å². The van der Waals surface area contributed by atoms with Crippen molar-refractivity contribution in [3.05, 3.63) is 71.8 Å². The van der Waals surface area contributed by atoms with E-state index in [1.807, 2.05) is 60.7 Å². The zero-order chi connectivity index (χ0) is 14.0. The Hall–Kier alpha value is -2.53. The highest BCUT2D eigenvalue weighted by atomic mass is 16.1. The summed E-state index contributed by atoms with van der Waals surface area (Å²) in [4.78, 5) is 11.6. The van der Waals surface area contributed by atoms with Crippen molar-refractivity contribution in [1.29, 1.82) is 0 Å². The molecule has 0 atom stereocenters. The first-order chi connectivity index (χ1) is 9.84. The quantitative estimate of drug-likeness (QED) is 0.844. The monoisotopic (exact) mass is 263 g/mol. The SMILES string of the molecule is O=C(CC#CCc1ccccc1)NCc1ccccc1. The van der Waals surface area contributed by atoms with Crippen molar-refractivity contribution in [2.24, 2.45) is 0 Å². The van der Waals surface area contributed by atoms with E-state index in [1.54, 1.807) is 0 Å². The predicted octanol–water partition coefficient (Wildman–Crippen LogP) is 2.94. The number of carbonyl (C=O) groups excluding carboxylic acids is 1. The average Bonchev–Trinajstić information content (AvgIpc) is 2.52. The molecule has 100 valence electrons. The summed E-state index contributed by atoms with van der Waals surface area (Å²) in [6, 6.07) is 19.9. The molecule has 2 heteroatoms. The van der Waals surface area contributed by atoms with Crippen LogP contribution in [0.15, 0.2) is 60.7 Å². The minimum Gasteiger partial charge on any atom is -0.351 e. The topological polar surface area (TPSA) is 29.1 Å². The van der Waals surface area contributed by atoms with Gasteiger partial charge in [0.25, 0.3) is 0 Å². The predicted molar refractivity (Wildman–Crippen MR) is 80.8 cm³/mol. The van der Waals surface area contributed by atoms with E-state index in [0.29, 0.717) is 13.0 Å². The second kappa shape index (κ2) is 7.81. The molecule has 1 amide bonds. The standard InChI is InChI=1S/C18H17NO/c20-18(19-15-17-12-5-2-6-13-17)14-8-7-11-16-9-3-1-4-10-16/h1-6,9-10,12-13H,11,14-15H2,(H,19,20). The molecule has 2 aromatic rings. The van der Waals surface area contributed by atoms with Crippen LogP contribution in [0.5, 0.6) is 0 Å². The number of hydrogen-bond acceptors (Lipinski definition) is 1. The van der Waals surface area contributed by atoms with Gasteiger partial charge in [0.05, 0.1) is 6.42 Å². The van der Waals surface area contributed by atoms with Gasteiger partial charge >= 0.3 is 0 Å². The summed E-state index contributed by atoms with van der Waals surface area (Å²) >= 11 is 0. The first-order valence-corrected chi connectivity index (χ1v) is 6.65. The van der Waals surface area contributed by atoms with Gasteiger partial charge in [0, 0.05) is 13.0 Å². The maximum absolute atomic E-state index is 11.6. The second-order valence-corrected chi connectivity index (χ2v) is 4.46. The molecule has 0 bridgehead atoms. The molecule has 0 saturated carbocycles. The third kappa shape index (κ3) is 4.99. The van der Waals surface area contributed by atoms with Crippen LogP contribution in [0.2, 0.25) is 0 Å². The van der Waals surface area contributed by atoms with Gasteiger partial charge in [0.15, 0.2) is 0 Å². The highest BCUT2D eigenvalue weighted by molar-refractivity contribution is 5.78. The molecule has 0 aliphatic heterocycles. The van der Waals surface area contributed by atoms with Crippen LogP contribution in [0.25, 0.3) is 0 Å². The molecule has 0 aromatic heterocycles. The van der Waals surface area contributed by atoms with E-state index in [-0.39, 0.29) is 12.3 Å². The van der Waals surface area contributed by atoms with Gasteiger partial charge < -0.3 is 5.32 Å². The molecule has 0 spiro atoms. The molecule has 0 radical (unpaired) electrons.